The summed E-state index contributed by atoms with van der Waals surface area (Å²) < 4.78 is 43.6. The molecule has 1 amide bonds. The van der Waals surface area contributed by atoms with Crippen LogP contribution in [0.25, 0.3) is 0 Å². The first-order valence-electron chi connectivity index (χ1n) is 9.35. The summed E-state index contributed by atoms with van der Waals surface area (Å²) in [6.45, 7) is 8.82. The molecule has 3 heterocycles. The quantitative estimate of drug-likeness (QED) is 0.737. The van der Waals surface area contributed by atoms with Gasteiger partial charge in [0.15, 0.2) is 0 Å². The summed E-state index contributed by atoms with van der Waals surface area (Å²) in [6, 6.07) is 0.420. The minimum absolute atomic E-state index is 0.0962. The van der Waals surface area contributed by atoms with Gasteiger partial charge in [-0.2, -0.15) is 13.2 Å². The van der Waals surface area contributed by atoms with E-state index in [1.165, 1.54) is 6.20 Å². The molecule has 0 aromatic carbocycles. The van der Waals surface area contributed by atoms with E-state index in [1.54, 1.807) is 17.3 Å². The fraction of sp³-hybridized carbons (Fsp3) is 0.667. The van der Waals surface area contributed by atoms with Crippen LogP contribution in [-0.2, 0) is 14.3 Å². The Morgan fingerprint density at radius 3 is 2.47 bits per heavy atom. The molecule has 1 aromatic heterocycles. The van der Waals surface area contributed by atoms with Gasteiger partial charge >= 0.3 is 12.1 Å². The summed E-state index contributed by atoms with van der Waals surface area (Å²) in [4.78, 5) is 33.8. The van der Waals surface area contributed by atoms with Gasteiger partial charge in [0, 0.05) is 38.1 Å². The molecule has 12 heteroatoms. The fourth-order valence-corrected chi connectivity index (χ4v) is 3.15. The molecule has 2 saturated heterocycles. The molecule has 0 saturated carbocycles. The summed E-state index contributed by atoms with van der Waals surface area (Å²) in [5, 5.41) is 7.12. The molecule has 1 aromatic rings. The van der Waals surface area contributed by atoms with E-state index in [4.69, 9.17) is 19.4 Å². The predicted octanol–water partition coefficient (Wildman–Crippen LogP) is 1.06. The number of aromatic nitrogens is 2. The number of ether oxygens (including phenoxy) is 2. The second-order valence-corrected chi connectivity index (χ2v) is 7.27. The average Bonchev–Trinajstić information content (AvgIpc) is 2.90. The third kappa shape index (κ3) is 6.61. The Kier molecular flexibility index (Phi) is 8.10. The van der Waals surface area contributed by atoms with Crippen LogP contribution in [0.5, 0.6) is 0 Å². The molecule has 30 heavy (non-hydrogen) atoms. The number of morpholine rings is 1. The van der Waals surface area contributed by atoms with Crippen LogP contribution >= 0.6 is 0 Å². The van der Waals surface area contributed by atoms with E-state index in [0.29, 0.717) is 44.6 Å². The van der Waals surface area contributed by atoms with Crippen molar-refractivity contribution in [2.24, 2.45) is 0 Å². The maximum atomic E-state index is 12.6. The lowest BCUT2D eigenvalue weighted by Crippen LogP contribution is -2.60. The SMILES string of the molecule is CC(C)N1CCOCC2(CN(C(=O)c3cnccn3)CCO2)C1.O=C(O)C(F)(F)F. The van der Waals surface area contributed by atoms with Gasteiger partial charge in [-0.1, -0.05) is 0 Å². The molecule has 9 nitrogen and oxygen atoms in total. The number of nitrogens with zero attached hydrogens (tertiary/aromatic N) is 4. The van der Waals surface area contributed by atoms with Crippen LogP contribution in [0.2, 0.25) is 0 Å². The van der Waals surface area contributed by atoms with Crippen molar-refractivity contribution in [3.05, 3.63) is 24.3 Å². The minimum Gasteiger partial charge on any atom is -0.475 e. The molecule has 168 valence electrons. The normalized spacial score (nSPS) is 22.9. The summed E-state index contributed by atoms with van der Waals surface area (Å²) >= 11 is 0. The second kappa shape index (κ2) is 10.1. The number of carboxylic acids is 1. The second-order valence-electron chi connectivity index (χ2n) is 7.27. The van der Waals surface area contributed by atoms with Gasteiger partial charge in [0.2, 0.25) is 0 Å². The highest BCUT2D eigenvalue weighted by molar-refractivity contribution is 5.92. The molecule has 1 N–H and O–H groups in total. The van der Waals surface area contributed by atoms with Crippen molar-refractivity contribution in [2.45, 2.75) is 31.7 Å². The first kappa shape index (κ1) is 24.0. The van der Waals surface area contributed by atoms with Crippen LogP contribution in [0.3, 0.4) is 0 Å². The Morgan fingerprint density at radius 1 is 1.20 bits per heavy atom. The largest absolute Gasteiger partial charge is 0.490 e. The fourth-order valence-electron chi connectivity index (χ4n) is 3.15. The van der Waals surface area contributed by atoms with Crippen molar-refractivity contribution in [1.82, 2.24) is 19.8 Å². The zero-order chi connectivity index (χ0) is 22.4. The zero-order valence-electron chi connectivity index (χ0n) is 16.8. The minimum atomic E-state index is -5.08. The van der Waals surface area contributed by atoms with Crippen molar-refractivity contribution >= 4 is 11.9 Å². The number of carbonyl (C=O) groups excluding carboxylic acids is 1. The topological polar surface area (TPSA) is 105 Å². The third-order valence-electron chi connectivity index (χ3n) is 4.67. The van der Waals surface area contributed by atoms with Crippen molar-refractivity contribution < 1.29 is 37.3 Å². The number of rotatable bonds is 2. The van der Waals surface area contributed by atoms with E-state index in [1.807, 2.05) is 0 Å². The molecular formula is C18H25F3N4O5. The Morgan fingerprint density at radius 2 is 1.90 bits per heavy atom. The number of hydrogen-bond acceptors (Lipinski definition) is 7. The Balaban J connectivity index is 0.000000396. The van der Waals surface area contributed by atoms with Gasteiger partial charge in [-0.25, -0.2) is 9.78 Å². The summed E-state index contributed by atoms with van der Waals surface area (Å²) in [6.07, 6.45) is -0.468. The van der Waals surface area contributed by atoms with Crippen molar-refractivity contribution in [2.75, 3.05) is 46.0 Å². The van der Waals surface area contributed by atoms with Crippen LogP contribution in [0.15, 0.2) is 18.6 Å². The highest BCUT2D eigenvalue weighted by Crippen LogP contribution is 2.24. The number of amides is 1. The van der Waals surface area contributed by atoms with Gasteiger partial charge in [0.1, 0.15) is 11.3 Å². The van der Waals surface area contributed by atoms with Gasteiger partial charge in [0.25, 0.3) is 5.91 Å². The molecule has 0 aliphatic carbocycles. The van der Waals surface area contributed by atoms with E-state index in [0.717, 1.165) is 13.1 Å². The number of alkyl halides is 3. The lowest BCUT2D eigenvalue weighted by atomic mass is 10.0. The maximum absolute atomic E-state index is 12.6. The Bertz CT molecular complexity index is 720. The van der Waals surface area contributed by atoms with Crippen LogP contribution in [-0.4, -0.2) is 101 Å². The van der Waals surface area contributed by atoms with Crippen molar-refractivity contribution in [3.63, 3.8) is 0 Å². The molecule has 0 bridgehead atoms. The van der Waals surface area contributed by atoms with E-state index in [-0.39, 0.29) is 5.91 Å². The monoisotopic (exact) mass is 434 g/mol. The molecule has 1 unspecified atom stereocenters. The van der Waals surface area contributed by atoms with Crippen LogP contribution in [0.1, 0.15) is 24.3 Å². The molecule has 1 atom stereocenters. The maximum Gasteiger partial charge on any atom is 0.490 e. The smallest absolute Gasteiger partial charge is 0.475 e. The standard InChI is InChI=1S/C16H24N4O3.C2HF3O2/c1-13(2)19-5-7-22-12-16(10-19)11-20(6-8-23-16)15(21)14-9-17-3-4-18-14;3-2(4,5)1(6)7/h3-4,9,13H,5-8,10-12H2,1-2H3;(H,6,7). The number of halogens is 3. The van der Waals surface area contributed by atoms with Gasteiger partial charge in [0.05, 0.1) is 32.6 Å². The van der Waals surface area contributed by atoms with Crippen LogP contribution < -0.4 is 0 Å². The Hall–Kier alpha value is -2.31. The molecule has 2 fully saturated rings. The molecular weight excluding hydrogens is 409 g/mol. The first-order chi connectivity index (χ1) is 14.0. The van der Waals surface area contributed by atoms with Crippen LogP contribution in [0.4, 0.5) is 13.2 Å². The lowest BCUT2D eigenvalue weighted by Gasteiger charge is -2.43. The highest BCUT2D eigenvalue weighted by Gasteiger charge is 2.42. The molecule has 0 radical (unpaired) electrons. The van der Waals surface area contributed by atoms with Crippen molar-refractivity contribution in [3.8, 4) is 0 Å². The lowest BCUT2D eigenvalue weighted by molar-refractivity contribution is -0.192. The van der Waals surface area contributed by atoms with Gasteiger partial charge < -0.3 is 19.5 Å². The van der Waals surface area contributed by atoms with E-state index >= 15 is 0 Å². The number of carbonyl (C=O) groups is 2. The number of hydrogen-bond donors (Lipinski definition) is 1. The summed E-state index contributed by atoms with van der Waals surface area (Å²) in [5.41, 5.74) is -0.0866. The van der Waals surface area contributed by atoms with E-state index in [9.17, 15) is 18.0 Å². The Labute approximate surface area is 171 Å². The molecule has 2 aliphatic rings. The van der Waals surface area contributed by atoms with E-state index < -0.39 is 17.7 Å². The number of aliphatic carboxylic acids is 1. The van der Waals surface area contributed by atoms with E-state index in [2.05, 4.69) is 28.7 Å². The summed E-state index contributed by atoms with van der Waals surface area (Å²) in [5.74, 6) is -2.85. The van der Waals surface area contributed by atoms with Crippen molar-refractivity contribution in [1.29, 1.82) is 0 Å². The number of carboxylic acid groups (broad SMARTS) is 1. The molecule has 3 rings (SSSR count). The average molecular weight is 434 g/mol. The third-order valence-corrected chi connectivity index (χ3v) is 4.67. The van der Waals surface area contributed by atoms with Gasteiger partial charge in [-0.05, 0) is 13.8 Å². The molecule has 1 spiro atoms. The summed E-state index contributed by atoms with van der Waals surface area (Å²) in [7, 11) is 0. The molecule has 2 aliphatic heterocycles. The predicted molar refractivity (Wildman–Crippen MR) is 97.8 cm³/mol. The van der Waals surface area contributed by atoms with Crippen LogP contribution in [0, 0.1) is 0 Å². The first-order valence-corrected chi connectivity index (χ1v) is 9.35. The zero-order valence-corrected chi connectivity index (χ0v) is 16.8. The van der Waals surface area contributed by atoms with Gasteiger partial charge in [-0.15, -0.1) is 0 Å². The van der Waals surface area contributed by atoms with Gasteiger partial charge in [-0.3, -0.25) is 14.7 Å². The highest BCUT2D eigenvalue weighted by atomic mass is 19.4.